The molecule has 1 amide bonds. The largest absolute Gasteiger partial charge is 0.497 e. The Morgan fingerprint density at radius 3 is 1.23 bits per heavy atom. The number of fused-ring (bicyclic) bond motifs is 3. The average Bonchev–Trinajstić information content (AvgIpc) is 1.06. The quantitative estimate of drug-likeness (QED) is 0.0559. The highest BCUT2D eigenvalue weighted by Crippen LogP contribution is 2.41. The molecule has 6 aromatic heterocycles. The lowest BCUT2D eigenvalue weighted by atomic mass is 9.97. The topological polar surface area (TPSA) is 246 Å². The van der Waals surface area contributed by atoms with Crippen LogP contribution in [0.3, 0.4) is 0 Å². The van der Waals surface area contributed by atoms with Gasteiger partial charge in [-0.2, -0.15) is 15.3 Å². The summed E-state index contributed by atoms with van der Waals surface area (Å²) < 4.78 is 43.9. The number of aromatic nitrogens is 12. The van der Waals surface area contributed by atoms with Gasteiger partial charge in [0, 0.05) is 170 Å². The van der Waals surface area contributed by atoms with Crippen molar-refractivity contribution in [3.8, 4) is 68.3 Å². The number of nitrogens with zero attached hydrogens (tertiary/aromatic N) is 16. The second-order valence-corrected chi connectivity index (χ2v) is 27.3. The molecule has 25 nitrogen and oxygen atoms in total. The van der Waals surface area contributed by atoms with Gasteiger partial charge in [0.1, 0.15) is 40.1 Å². The van der Waals surface area contributed by atoms with Crippen molar-refractivity contribution in [3.05, 3.63) is 165 Å². The first-order valence-electron chi connectivity index (χ1n) is 35.9. The number of hydrogen-bond acceptors (Lipinski definition) is 21. The molecule has 25 heteroatoms. The van der Waals surface area contributed by atoms with E-state index in [1.165, 1.54) is 12.8 Å². The second-order valence-electron chi connectivity index (χ2n) is 27.3. The number of aliphatic hydroxyl groups is 1. The summed E-state index contributed by atoms with van der Waals surface area (Å²) in [6, 6.07) is 36.2. The van der Waals surface area contributed by atoms with Gasteiger partial charge >= 0.3 is 6.09 Å². The van der Waals surface area contributed by atoms with Crippen molar-refractivity contribution < 1.29 is 43.1 Å². The molecule has 106 heavy (non-hydrogen) atoms. The number of methoxy groups -OCH3 is 6. The Hall–Kier alpha value is -11.6. The predicted octanol–water partition coefficient (Wildman–Crippen LogP) is 15.4. The maximum absolute atomic E-state index is 12.4. The molecule has 552 valence electrons. The van der Waals surface area contributed by atoms with E-state index in [0.29, 0.717) is 31.5 Å². The van der Waals surface area contributed by atoms with E-state index in [2.05, 4.69) is 84.1 Å². The van der Waals surface area contributed by atoms with Crippen molar-refractivity contribution in [3.63, 3.8) is 0 Å². The average molecular weight is 1440 g/mol. The van der Waals surface area contributed by atoms with Gasteiger partial charge in [-0.05, 0) is 126 Å². The Kier molecular flexibility index (Phi) is 23.7. The molecule has 6 aromatic carbocycles. The van der Waals surface area contributed by atoms with Gasteiger partial charge in [-0.3, -0.25) is 29.0 Å². The molecule has 2 fully saturated rings. The second kappa shape index (κ2) is 33.9. The molecular weight excluding hydrogens is 1340 g/mol. The highest BCUT2D eigenvalue weighted by Gasteiger charge is 2.29. The van der Waals surface area contributed by atoms with Crippen molar-refractivity contribution in [2.45, 2.75) is 91.8 Å². The zero-order valence-electron chi connectivity index (χ0n) is 62.5. The summed E-state index contributed by atoms with van der Waals surface area (Å²) in [6.07, 6.45) is 22.6. The van der Waals surface area contributed by atoms with Crippen molar-refractivity contribution in [2.24, 2.45) is 18.9 Å². The highest BCUT2D eigenvalue weighted by molar-refractivity contribution is 5.86. The van der Waals surface area contributed by atoms with Crippen LogP contribution in [0.15, 0.2) is 165 Å². The molecule has 0 spiro atoms. The minimum absolute atomic E-state index is 0.0379. The molecule has 0 bridgehead atoms. The molecule has 1 aliphatic heterocycles. The zero-order chi connectivity index (χ0) is 74.4. The Bertz CT molecular complexity index is 4900. The van der Waals surface area contributed by atoms with E-state index in [-0.39, 0.29) is 12.7 Å². The summed E-state index contributed by atoms with van der Waals surface area (Å²) in [5.74, 6) is 5.61. The third-order valence-electron chi connectivity index (χ3n) is 18.4. The van der Waals surface area contributed by atoms with Gasteiger partial charge < -0.3 is 57.9 Å². The lowest BCUT2D eigenvalue weighted by Crippen LogP contribution is -2.42. The number of ether oxygens (including phenoxy) is 7. The van der Waals surface area contributed by atoms with E-state index in [1.54, 1.807) is 76.8 Å². The summed E-state index contributed by atoms with van der Waals surface area (Å²) in [7, 11) is 11.9. The number of anilines is 6. The number of amides is 1. The Balaban J connectivity index is 0.000000153. The van der Waals surface area contributed by atoms with Gasteiger partial charge in [-0.25, -0.2) is 19.7 Å². The van der Waals surface area contributed by atoms with Gasteiger partial charge in [0.05, 0.1) is 143 Å². The standard InChI is InChI=1S/C34H42N6O4.C24H27N5O3.C23H25N5O2/c1-34(2,3)44-33(41)38-12-10-24(11-13-38)20-39-22-25(18-36-39)32-19-35-30-9-8-26(16-31(30)37-32)40(21-23-6-7-23)27-14-28(42-4)17-29(15-27)43-5;1-4-7-29(19-10-20(31-2)13-21(11-19)32-3)18-5-6-22-23(12-18)27-24(15-25-22)17-14-26-28(16-17)8-9-30;1-5-8-28(18-9-19(29-3)12-20(10-18)30-4)17-6-7-21-22(11-17)26-23(14-24-21)16-13-25-27(2)15-16/h8-9,14-19,22-24H,6-7,10-13,20-21H2,1-5H3;5-6,10-16,30H,4,7-9H2,1-3H3;6-7,9-15H,5,8H2,1-4H3. The van der Waals surface area contributed by atoms with E-state index in [0.717, 1.165) is 187 Å². The zero-order valence-corrected chi connectivity index (χ0v) is 62.5. The van der Waals surface area contributed by atoms with Gasteiger partial charge in [0.25, 0.3) is 0 Å². The van der Waals surface area contributed by atoms with E-state index < -0.39 is 5.60 Å². The fourth-order valence-electron chi connectivity index (χ4n) is 12.7. The minimum atomic E-state index is -0.479. The van der Waals surface area contributed by atoms with Crippen LogP contribution in [0.1, 0.15) is 73.1 Å². The number of benzene rings is 6. The fourth-order valence-corrected chi connectivity index (χ4v) is 12.7. The monoisotopic (exact) mass is 1430 g/mol. The van der Waals surface area contributed by atoms with Crippen LogP contribution in [0.2, 0.25) is 0 Å². The predicted molar refractivity (Wildman–Crippen MR) is 414 cm³/mol. The van der Waals surface area contributed by atoms with Crippen molar-refractivity contribution in [1.82, 2.24) is 64.1 Å². The van der Waals surface area contributed by atoms with Gasteiger partial charge in [0.15, 0.2) is 0 Å². The van der Waals surface area contributed by atoms with E-state index in [1.807, 2.05) is 147 Å². The molecule has 14 rings (SSSR count). The number of carbonyl (C=O) groups is 1. The first kappa shape index (κ1) is 74.1. The van der Waals surface area contributed by atoms with Crippen molar-refractivity contribution in [2.75, 3.05) is 96.7 Å². The number of aliphatic hydroxyl groups excluding tert-OH is 1. The highest BCUT2D eigenvalue weighted by atomic mass is 16.6. The molecule has 0 unspecified atom stereocenters. The van der Waals surface area contributed by atoms with Crippen LogP contribution in [-0.2, 0) is 24.9 Å². The van der Waals surface area contributed by atoms with E-state index >= 15 is 0 Å². The normalized spacial score (nSPS) is 13.0. The first-order valence-corrected chi connectivity index (χ1v) is 35.9. The number of likely N-dealkylation sites (tertiary alicyclic amines) is 1. The number of carbonyl (C=O) groups excluding carboxylic acids is 1. The van der Waals surface area contributed by atoms with Gasteiger partial charge in [-0.1, -0.05) is 13.8 Å². The molecule has 7 heterocycles. The molecule has 1 aliphatic carbocycles. The summed E-state index contributed by atoms with van der Waals surface area (Å²) in [4.78, 5) is 49.6. The van der Waals surface area contributed by atoms with Gasteiger partial charge in [-0.15, -0.1) is 0 Å². The summed E-state index contributed by atoms with van der Waals surface area (Å²) in [5.41, 5.74) is 15.7. The summed E-state index contributed by atoms with van der Waals surface area (Å²) >= 11 is 0. The van der Waals surface area contributed by atoms with Crippen LogP contribution in [0, 0.1) is 11.8 Å². The summed E-state index contributed by atoms with van der Waals surface area (Å²) in [5, 5.41) is 22.3. The smallest absolute Gasteiger partial charge is 0.410 e. The number of piperidine rings is 1. The Morgan fingerprint density at radius 2 is 0.849 bits per heavy atom. The maximum atomic E-state index is 12.4. The molecule has 12 aromatic rings. The SMILES string of the molecule is CCCN(c1cc(OC)cc(OC)c1)c1ccc2ncc(-c3cnn(C)c3)nc2c1.CCCN(c1cc(OC)cc(OC)c1)c1ccc2ncc(-c3cnn(CCO)c3)nc2c1.COc1cc(OC)cc(N(CC2CC2)c2ccc3ncc(-c4cnn(CC5CCN(C(=O)OC(C)(C)C)CC5)c4)nc3c2)c1. The Labute approximate surface area is 618 Å². The van der Waals surface area contributed by atoms with E-state index in [4.69, 9.17) is 58.2 Å². The molecular formula is C81H94N16O9. The van der Waals surface area contributed by atoms with Crippen LogP contribution in [0.25, 0.3) is 66.9 Å². The first-order chi connectivity index (χ1) is 51.4. The van der Waals surface area contributed by atoms with Crippen LogP contribution in [0.4, 0.5) is 38.9 Å². The molecule has 0 radical (unpaired) electrons. The Morgan fingerprint density at radius 1 is 0.462 bits per heavy atom. The fraction of sp³-hybridized carbons (Fsp3) is 0.358. The summed E-state index contributed by atoms with van der Waals surface area (Å²) in [6.45, 7) is 15.3. The lowest BCUT2D eigenvalue weighted by Gasteiger charge is -2.33. The lowest BCUT2D eigenvalue weighted by molar-refractivity contribution is 0.0177. The van der Waals surface area contributed by atoms with E-state index in [9.17, 15) is 4.79 Å². The van der Waals surface area contributed by atoms with Gasteiger partial charge in [0.2, 0.25) is 0 Å². The third kappa shape index (κ3) is 18.5. The number of rotatable bonds is 25. The third-order valence-corrected chi connectivity index (χ3v) is 18.4. The molecule has 1 N–H and O–H groups in total. The van der Waals surface area contributed by atoms with Crippen LogP contribution < -0.4 is 43.1 Å². The molecule has 0 atom stereocenters. The molecule has 2 aliphatic rings. The minimum Gasteiger partial charge on any atom is -0.497 e. The van der Waals surface area contributed by atoms with Crippen molar-refractivity contribution in [1.29, 1.82) is 0 Å². The van der Waals surface area contributed by atoms with Crippen LogP contribution in [0.5, 0.6) is 34.5 Å². The number of hydrogen-bond donors (Lipinski definition) is 1. The van der Waals surface area contributed by atoms with Crippen molar-refractivity contribution >= 4 is 73.3 Å². The number of aryl methyl sites for hydroxylation is 1. The van der Waals surface area contributed by atoms with Crippen LogP contribution in [-0.4, -0.2) is 163 Å². The molecule has 1 saturated carbocycles. The van der Waals surface area contributed by atoms with Crippen LogP contribution >= 0.6 is 0 Å². The molecule has 1 saturated heterocycles. The maximum Gasteiger partial charge on any atom is 0.410 e.